The summed E-state index contributed by atoms with van der Waals surface area (Å²) in [5.41, 5.74) is 1.11. The van der Waals surface area contributed by atoms with Crippen LogP contribution in [0, 0.1) is 0 Å². The second kappa shape index (κ2) is 8.78. The number of nitrogens with one attached hydrogen (secondary N) is 1. The summed E-state index contributed by atoms with van der Waals surface area (Å²) < 4.78 is 10.5. The molecule has 0 unspecified atom stereocenters. The highest BCUT2D eigenvalue weighted by atomic mass is 16.5. The van der Waals surface area contributed by atoms with E-state index in [0.717, 1.165) is 38.2 Å². The molecule has 6 nitrogen and oxygen atoms in total. The Bertz CT molecular complexity index is 540. The first-order valence-corrected chi connectivity index (χ1v) is 8.53. The van der Waals surface area contributed by atoms with E-state index in [1.165, 1.54) is 0 Å². The minimum atomic E-state index is 0.0267. The summed E-state index contributed by atoms with van der Waals surface area (Å²) in [6, 6.07) is 6.40. The third kappa shape index (κ3) is 4.77. The van der Waals surface area contributed by atoms with Crippen LogP contribution in [-0.4, -0.2) is 68.8 Å². The van der Waals surface area contributed by atoms with E-state index in [0.29, 0.717) is 24.1 Å². The van der Waals surface area contributed by atoms with Gasteiger partial charge < -0.3 is 19.7 Å². The number of piperazine rings is 1. The lowest BCUT2D eigenvalue weighted by atomic mass is 10.1. The molecular weight excluding hydrogens is 306 g/mol. The first kappa shape index (κ1) is 18.4. The van der Waals surface area contributed by atoms with Crippen LogP contribution >= 0.6 is 0 Å². The summed E-state index contributed by atoms with van der Waals surface area (Å²) in [5.74, 6) is 1.43. The van der Waals surface area contributed by atoms with E-state index in [1.807, 2.05) is 23.1 Å². The molecule has 1 aromatic carbocycles. The molecule has 0 atom stereocenters. The maximum Gasteiger partial charge on any atom is 0.317 e. The van der Waals surface area contributed by atoms with E-state index >= 15 is 0 Å². The number of ether oxygens (including phenoxy) is 2. The maximum absolute atomic E-state index is 12.2. The number of methoxy groups -OCH3 is 2. The molecule has 1 N–H and O–H groups in total. The molecule has 24 heavy (non-hydrogen) atoms. The molecule has 2 amide bonds. The molecule has 1 aromatic rings. The SMILES string of the molecule is COc1ccc(CCNC(=O)N2CCN(C(C)C)CC2)cc1OC. The van der Waals surface area contributed by atoms with Gasteiger partial charge >= 0.3 is 6.03 Å². The van der Waals surface area contributed by atoms with Crippen molar-refractivity contribution in [2.24, 2.45) is 0 Å². The minimum Gasteiger partial charge on any atom is -0.493 e. The Hall–Kier alpha value is -1.95. The van der Waals surface area contributed by atoms with Crippen molar-refractivity contribution in [1.29, 1.82) is 0 Å². The van der Waals surface area contributed by atoms with Gasteiger partial charge in [0.15, 0.2) is 11.5 Å². The van der Waals surface area contributed by atoms with E-state index in [2.05, 4.69) is 24.1 Å². The lowest BCUT2D eigenvalue weighted by molar-refractivity contribution is 0.119. The van der Waals surface area contributed by atoms with Crippen molar-refractivity contribution in [3.05, 3.63) is 23.8 Å². The highest BCUT2D eigenvalue weighted by Gasteiger charge is 2.21. The van der Waals surface area contributed by atoms with Crippen molar-refractivity contribution in [3.63, 3.8) is 0 Å². The minimum absolute atomic E-state index is 0.0267. The molecule has 0 saturated carbocycles. The Kier molecular flexibility index (Phi) is 6.73. The van der Waals surface area contributed by atoms with Crippen molar-refractivity contribution in [2.75, 3.05) is 46.9 Å². The van der Waals surface area contributed by atoms with Crippen LogP contribution < -0.4 is 14.8 Å². The Morgan fingerprint density at radius 1 is 1.12 bits per heavy atom. The number of urea groups is 1. The molecule has 1 aliphatic heterocycles. The van der Waals surface area contributed by atoms with E-state index in [-0.39, 0.29) is 6.03 Å². The smallest absolute Gasteiger partial charge is 0.317 e. The number of benzene rings is 1. The van der Waals surface area contributed by atoms with Crippen molar-refractivity contribution in [3.8, 4) is 11.5 Å². The summed E-state index contributed by atoms with van der Waals surface area (Å²) in [7, 11) is 3.25. The molecule has 0 aromatic heterocycles. The Balaban J connectivity index is 1.77. The van der Waals surface area contributed by atoms with Gasteiger partial charge in [0.05, 0.1) is 14.2 Å². The van der Waals surface area contributed by atoms with Gasteiger partial charge in [-0.2, -0.15) is 0 Å². The second-order valence-electron chi connectivity index (χ2n) is 6.29. The summed E-state index contributed by atoms with van der Waals surface area (Å²) in [6.07, 6.45) is 0.762. The predicted molar refractivity (Wildman–Crippen MR) is 94.9 cm³/mol. The molecule has 0 aliphatic carbocycles. The van der Waals surface area contributed by atoms with Crippen LogP contribution in [0.1, 0.15) is 19.4 Å². The van der Waals surface area contributed by atoms with Crippen LogP contribution in [0.3, 0.4) is 0 Å². The maximum atomic E-state index is 12.2. The standard InChI is InChI=1S/C18H29N3O3/c1-14(2)20-9-11-21(12-10-20)18(22)19-8-7-15-5-6-16(23-3)17(13-15)24-4/h5-6,13-14H,7-12H2,1-4H3,(H,19,22). The number of hydrogen-bond donors (Lipinski definition) is 1. The van der Waals surface area contributed by atoms with Gasteiger partial charge in [0.1, 0.15) is 0 Å². The zero-order valence-electron chi connectivity index (χ0n) is 15.2. The van der Waals surface area contributed by atoms with Gasteiger partial charge in [-0.05, 0) is 38.0 Å². The molecule has 0 bridgehead atoms. The third-order valence-electron chi connectivity index (χ3n) is 4.47. The molecular formula is C18H29N3O3. The van der Waals surface area contributed by atoms with E-state index in [1.54, 1.807) is 14.2 Å². The summed E-state index contributed by atoms with van der Waals surface area (Å²) in [6.45, 7) is 8.47. The van der Waals surface area contributed by atoms with Crippen LogP contribution in [0.25, 0.3) is 0 Å². The molecule has 0 radical (unpaired) electrons. The van der Waals surface area contributed by atoms with Gasteiger partial charge in [-0.25, -0.2) is 4.79 Å². The van der Waals surface area contributed by atoms with Crippen LogP contribution in [0.4, 0.5) is 4.79 Å². The van der Waals surface area contributed by atoms with Crippen molar-refractivity contribution < 1.29 is 14.3 Å². The molecule has 134 valence electrons. The highest BCUT2D eigenvalue weighted by molar-refractivity contribution is 5.74. The zero-order valence-corrected chi connectivity index (χ0v) is 15.2. The topological polar surface area (TPSA) is 54.0 Å². The highest BCUT2D eigenvalue weighted by Crippen LogP contribution is 2.27. The van der Waals surface area contributed by atoms with Crippen LogP contribution in [0.15, 0.2) is 18.2 Å². The molecule has 1 aliphatic rings. The number of hydrogen-bond acceptors (Lipinski definition) is 4. The number of rotatable bonds is 6. The monoisotopic (exact) mass is 335 g/mol. The summed E-state index contributed by atoms with van der Waals surface area (Å²) >= 11 is 0. The van der Waals surface area contributed by atoms with Crippen molar-refractivity contribution in [1.82, 2.24) is 15.1 Å². The fourth-order valence-corrected chi connectivity index (χ4v) is 2.90. The van der Waals surface area contributed by atoms with Crippen molar-refractivity contribution >= 4 is 6.03 Å². The van der Waals surface area contributed by atoms with E-state index < -0.39 is 0 Å². The molecule has 1 saturated heterocycles. The van der Waals surface area contributed by atoms with E-state index in [4.69, 9.17) is 9.47 Å². The summed E-state index contributed by atoms with van der Waals surface area (Å²) in [4.78, 5) is 16.5. The Morgan fingerprint density at radius 3 is 2.38 bits per heavy atom. The molecule has 1 fully saturated rings. The van der Waals surface area contributed by atoms with Crippen molar-refractivity contribution in [2.45, 2.75) is 26.3 Å². The molecule has 1 heterocycles. The zero-order chi connectivity index (χ0) is 17.5. The number of amides is 2. The summed E-state index contributed by atoms with van der Waals surface area (Å²) in [5, 5.41) is 3.01. The van der Waals surface area contributed by atoms with Gasteiger partial charge in [-0.1, -0.05) is 6.07 Å². The number of carbonyl (C=O) groups excluding carboxylic acids is 1. The molecule has 0 spiro atoms. The Labute approximate surface area is 144 Å². The third-order valence-corrected chi connectivity index (χ3v) is 4.47. The lowest BCUT2D eigenvalue weighted by Crippen LogP contribution is -2.53. The van der Waals surface area contributed by atoms with Gasteiger partial charge in [-0.3, -0.25) is 4.90 Å². The van der Waals surface area contributed by atoms with Gasteiger partial charge in [0.25, 0.3) is 0 Å². The average Bonchev–Trinajstić information content (AvgIpc) is 2.61. The quantitative estimate of drug-likeness (QED) is 0.864. The van der Waals surface area contributed by atoms with Crippen LogP contribution in [0.5, 0.6) is 11.5 Å². The van der Waals surface area contributed by atoms with E-state index in [9.17, 15) is 4.79 Å². The second-order valence-corrected chi connectivity index (χ2v) is 6.29. The fraction of sp³-hybridized carbons (Fsp3) is 0.611. The van der Waals surface area contributed by atoms with Gasteiger partial charge in [0.2, 0.25) is 0 Å². The normalized spacial score (nSPS) is 15.5. The fourth-order valence-electron chi connectivity index (χ4n) is 2.90. The molecule has 2 rings (SSSR count). The Morgan fingerprint density at radius 2 is 1.79 bits per heavy atom. The number of nitrogens with zero attached hydrogens (tertiary/aromatic N) is 2. The molecule has 6 heteroatoms. The first-order valence-electron chi connectivity index (χ1n) is 8.53. The van der Waals surface area contributed by atoms with Crippen LogP contribution in [0.2, 0.25) is 0 Å². The van der Waals surface area contributed by atoms with Gasteiger partial charge in [-0.15, -0.1) is 0 Å². The first-order chi connectivity index (χ1) is 11.5. The predicted octanol–water partition coefficient (Wildman–Crippen LogP) is 1.98. The lowest BCUT2D eigenvalue weighted by Gasteiger charge is -2.36. The van der Waals surface area contributed by atoms with Gasteiger partial charge in [0, 0.05) is 38.8 Å². The van der Waals surface area contributed by atoms with Crippen LogP contribution in [-0.2, 0) is 6.42 Å². The number of carbonyl (C=O) groups is 1. The largest absolute Gasteiger partial charge is 0.493 e. The average molecular weight is 335 g/mol.